The normalized spacial score (nSPS) is 11.3. The highest BCUT2D eigenvalue weighted by molar-refractivity contribution is 7.91. The van der Waals surface area contributed by atoms with E-state index in [2.05, 4.69) is 0 Å². The van der Waals surface area contributed by atoms with Crippen LogP contribution in [0.25, 0.3) is 0 Å². The molecule has 0 aliphatic heterocycles. The molecule has 0 aliphatic rings. The third kappa shape index (κ3) is 2.76. The minimum atomic E-state index is -3.70. The fourth-order valence-electron chi connectivity index (χ4n) is 1.04. The SMILES string of the molecule is O=C(O)c1cccc(S(=O)(=O)CCF)c1. The molecule has 0 saturated heterocycles. The van der Waals surface area contributed by atoms with Crippen LogP contribution >= 0.6 is 0 Å². The molecule has 1 aromatic carbocycles. The Hall–Kier alpha value is -1.43. The van der Waals surface area contributed by atoms with Gasteiger partial charge in [-0.15, -0.1) is 0 Å². The van der Waals surface area contributed by atoms with Crippen molar-refractivity contribution in [1.29, 1.82) is 0 Å². The zero-order chi connectivity index (χ0) is 11.5. The number of carboxylic acids is 1. The van der Waals surface area contributed by atoms with Crippen LogP contribution in [-0.2, 0) is 9.84 Å². The van der Waals surface area contributed by atoms with Crippen LogP contribution in [0.1, 0.15) is 10.4 Å². The highest BCUT2D eigenvalue weighted by Crippen LogP contribution is 2.13. The van der Waals surface area contributed by atoms with Gasteiger partial charge in [0.2, 0.25) is 0 Å². The van der Waals surface area contributed by atoms with Crippen LogP contribution in [-0.4, -0.2) is 31.9 Å². The summed E-state index contributed by atoms with van der Waals surface area (Å²) in [5, 5.41) is 8.64. The third-order valence-electron chi connectivity index (χ3n) is 1.79. The lowest BCUT2D eigenvalue weighted by Gasteiger charge is -2.02. The number of hydrogen-bond acceptors (Lipinski definition) is 3. The first-order chi connectivity index (χ1) is 6.97. The summed E-state index contributed by atoms with van der Waals surface area (Å²) < 4.78 is 34.7. The van der Waals surface area contributed by atoms with Gasteiger partial charge >= 0.3 is 5.97 Å². The lowest BCUT2D eigenvalue weighted by atomic mass is 10.2. The van der Waals surface area contributed by atoms with Crippen molar-refractivity contribution in [3.8, 4) is 0 Å². The molecule has 0 spiro atoms. The van der Waals surface area contributed by atoms with Crippen molar-refractivity contribution in [2.45, 2.75) is 4.90 Å². The van der Waals surface area contributed by atoms with E-state index in [0.717, 1.165) is 6.07 Å². The van der Waals surface area contributed by atoms with Crippen molar-refractivity contribution in [3.63, 3.8) is 0 Å². The number of rotatable bonds is 4. The molecule has 0 atom stereocenters. The van der Waals surface area contributed by atoms with Gasteiger partial charge in [0, 0.05) is 0 Å². The van der Waals surface area contributed by atoms with E-state index >= 15 is 0 Å². The molecule has 4 nitrogen and oxygen atoms in total. The minimum absolute atomic E-state index is 0.130. The number of carboxylic acid groups (broad SMARTS) is 1. The van der Waals surface area contributed by atoms with Gasteiger partial charge < -0.3 is 5.11 Å². The number of aromatic carboxylic acids is 1. The molecule has 15 heavy (non-hydrogen) atoms. The summed E-state index contributed by atoms with van der Waals surface area (Å²) >= 11 is 0. The van der Waals surface area contributed by atoms with E-state index in [0.29, 0.717) is 0 Å². The molecule has 0 radical (unpaired) electrons. The number of carbonyl (C=O) groups is 1. The van der Waals surface area contributed by atoms with E-state index in [1.807, 2.05) is 0 Å². The average Bonchev–Trinajstić information content (AvgIpc) is 2.18. The van der Waals surface area contributed by atoms with Gasteiger partial charge in [0.15, 0.2) is 9.84 Å². The molecule has 82 valence electrons. The molecule has 0 aliphatic carbocycles. The summed E-state index contributed by atoms with van der Waals surface area (Å²) in [6.45, 7) is -0.986. The monoisotopic (exact) mass is 232 g/mol. The molecule has 6 heteroatoms. The number of hydrogen-bond donors (Lipinski definition) is 1. The third-order valence-corrected chi connectivity index (χ3v) is 3.45. The molecule has 0 fully saturated rings. The van der Waals surface area contributed by atoms with Crippen LogP contribution in [0.2, 0.25) is 0 Å². The molecular weight excluding hydrogens is 223 g/mol. The second-order valence-electron chi connectivity index (χ2n) is 2.84. The van der Waals surface area contributed by atoms with Gasteiger partial charge in [-0.1, -0.05) is 6.07 Å². The Bertz CT molecular complexity index is 467. The molecular formula is C9H9FO4S. The van der Waals surface area contributed by atoms with Gasteiger partial charge in [-0.05, 0) is 18.2 Å². The topological polar surface area (TPSA) is 71.4 Å². The predicted octanol–water partition coefficient (Wildman–Crippen LogP) is 1.13. The summed E-state index contributed by atoms with van der Waals surface area (Å²) in [7, 11) is -3.70. The van der Waals surface area contributed by atoms with E-state index in [9.17, 15) is 17.6 Å². The summed E-state index contributed by atoms with van der Waals surface area (Å²) in [6, 6.07) is 4.86. The molecule has 1 rings (SSSR count). The van der Waals surface area contributed by atoms with Gasteiger partial charge in [0.05, 0.1) is 16.2 Å². The Labute approximate surface area is 86.3 Å². The van der Waals surface area contributed by atoms with Gasteiger partial charge in [-0.3, -0.25) is 0 Å². The summed E-state index contributed by atoms with van der Waals surface area (Å²) in [4.78, 5) is 10.4. The van der Waals surface area contributed by atoms with Crippen molar-refractivity contribution >= 4 is 15.8 Å². The lowest BCUT2D eigenvalue weighted by molar-refractivity contribution is 0.0696. The summed E-state index contributed by atoms with van der Waals surface area (Å²) in [5.74, 6) is -1.84. The number of benzene rings is 1. The van der Waals surface area contributed by atoms with Crippen LogP contribution in [0.4, 0.5) is 4.39 Å². The smallest absolute Gasteiger partial charge is 0.335 e. The number of halogens is 1. The number of sulfone groups is 1. The van der Waals surface area contributed by atoms with E-state index < -0.39 is 28.2 Å². The highest BCUT2D eigenvalue weighted by Gasteiger charge is 2.15. The molecule has 0 unspecified atom stereocenters. The van der Waals surface area contributed by atoms with E-state index in [4.69, 9.17) is 5.11 Å². The molecule has 0 heterocycles. The Morgan fingerprint density at radius 3 is 2.60 bits per heavy atom. The first-order valence-electron chi connectivity index (χ1n) is 4.09. The summed E-state index contributed by atoms with van der Waals surface area (Å²) in [6.07, 6.45) is 0. The Morgan fingerprint density at radius 1 is 1.40 bits per heavy atom. The second kappa shape index (κ2) is 4.39. The maximum absolute atomic E-state index is 11.9. The van der Waals surface area contributed by atoms with E-state index in [1.54, 1.807) is 0 Å². The Morgan fingerprint density at radius 2 is 2.07 bits per heavy atom. The quantitative estimate of drug-likeness (QED) is 0.844. The zero-order valence-electron chi connectivity index (χ0n) is 7.68. The maximum Gasteiger partial charge on any atom is 0.335 e. The standard InChI is InChI=1S/C9H9FO4S/c10-4-5-15(13,14)8-3-1-2-7(6-8)9(11)12/h1-3,6H,4-5H2,(H,11,12). The van der Waals surface area contributed by atoms with E-state index in [1.165, 1.54) is 18.2 Å². The summed E-state index contributed by atoms with van der Waals surface area (Å²) in [5.41, 5.74) is -0.130. The molecule has 0 amide bonds. The zero-order valence-corrected chi connectivity index (χ0v) is 8.50. The maximum atomic E-state index is 11.9. The average molecular weight is 232 g/mol. The fourth-order valence-corrected chi connectivity index (χ4v) is 2.07. The van der Waals surface area contributed by atoms with Gasteiger partial charge in [0.25, 0.3) is 0 Å². The van der Waals surface area contributed by atoms with Crippen molar-refractivity contribution < 1.29 is 22.7 Å². The molecule has 0 aromatic heterocycles. The lowest BCUT2D eigenvalue weighted by Crippen LogP contribution is -2.09. The van der Waals surface area contributed by atoms with Crippen LogP contribution in [0.5, 0.6) is 0 Å². The van der Waals surface area contributed by atoms with Crippen molar-refractivity contribution in [2.24, 2.45) is 0 Å². The largest absolute Gasteiger partial charge is 0.478 e. The van der Waals surface area contributed by atoms with Crippen molar-refractivity contribution in [1.82, 2.24) is 0 Å². The first kappa shape index (κ1) is 11.6. The minimum Gasteiger partial charge on any atom is -0.478 e. The predicted molar refractivity (Wildman–Crippen MR) is 51.4 cm³/mol. The number of alkyl halides is 1. The molecule has 0 saturated carbocycles. The highest BCUT2D eigenvalue weighted by atomic mass is 32.2. The van der Waals surface area contributed by atoms with Crippen LogP contribution < -0.4 is 0 Å². The van der Waals surface area contributed by atoms with E-state index in [-0.39, 0.29) is 10.5 Å². The Kier molecular flexibility index (Phi) is 3.41. The van der Waals surface area contributed by atoms with Gasteiger partial charge in [-0.25, -0.2) is 17.6 Å². The van der Waals surface area contributed by atoms with Crippen molar-refractivity contribution in [3.05, 3.63) is 29.8 Å². The van der Waals surface area contributed by atoms with Gasteiger partial charge in [0.1, 0.15) is 6.67 Å². The van der Waals surface area contributed by atoms with Crippen LogP contribution in [0, 0.1) is 0 Å². The van der Waals surface area contributed by atoms with Crippen molar-refractivity contribution in [2.75, 3.05) is 12.4 Å². The second-order valence-corrected chi connectivity index (χ2v) is 4.95. The van der Waals surface area contributed by atoms with Crippen LogP contribution in [0.15, 0.2) is 29.2 Å². The fraction of sp³-hybridized carbons (Fsp3) is 0.222. The molecule has 1 aromatic rings. The Balaban J connectivity index is 3.16. The van der Waals surface area contributed by atoms with Crippen LogP contribution in [0.3, 0.4) is 0 Å². The van der Waals surface area contributed by atoms with Gasteiger partial charge in [-0.2, -0.15) is 0 Å². The molecule has 1 N–H and O–H groups in total. The molecule has 0 bridgehead atoms. The first-order valence-corrected chi connectivity index (χ1v) is 5.74.